The Labute approximate surface area is 175 Å². The first-order valence-electron chi connectivity index (χ1n) is 9.96. The van der Waals surface area contributed by atoms with E-state index in [1.807, 2.05) is 24.3 Å². The summed E-state index contributed by atoms with van der Waals surface area (Å²) in [6.07, 6.45) is 2.47. The zero-order chi connectivity index (χ0) is 20.1. The van der Waals surface area contributed by atoms with E-state index >= 15 is 0 Å². The molecule has 1 aliphatic heterocycles. The fourth-order valence-electron chi connectivity index (χ4n) is 3.26. The van der Waals surface area contributed by atoms with Crippen LogP contribution in [0.5, 0.6) is 17.2 Å². The minimum Gasteiger partial charge on any atom is -0.487 e. The number of amides is 1. The summed E-state index contributed by atoms with van der Waals surface area (Å²) in [5, 5.41) is 3.48. The Morgan fingerprint density at radius 2 is 1.86 bits per heavy atom. The van der Waals surface area contributed by atoms with Crippen molar-refractivity contribution in [3.63, 3.8) is 0 Å². The summed E-state index contributed by atoms with van der Waals surface area (Å²) < 4.78 is 17.6. The minimum absolute atomic E-state index is 0.0998. The Balaban J connectivity index is 1.58. The first-order chi connectivity index (χ1) is 14.2. The van der Waals surface area contributed by atoms with Gasteiger partial charge in [-0.3, -0.25) is 9.69 Å². The van der Waals surface area contributed by atoms with Crippen LogP contribution in [0.2, 0.25) is 5.02 Å². The number of ether oxygens (including phenoxy) is 3. The van der Waals surface area contributed by atoms with Gasteiger partial charge >= 0.3 is 0 Å². The molecular formula is C22H25ClN2O4. The number of benzene rings is 2. The summed E-state index contributed by atoms with van der Waals surface area (Å²) in [7, 11) is 0. The Morgan fingerprint density at radius 3 is 2.69 bits per heavy atom. The van der Waals surface area contributed by atoms with Gasteiger partial charge in [-0.05, 0) is 49.1 Å². The van der Waals surface area contributed by atoms with Gasteiger partial charge in [-0.15, -0.1) is 0 Å². The zero-order valence-electron chi connectivity index (χ0n) is 16.2. The van der Waals surface area contributed by atoms with Gasteiger partial charge < -0.3 is 19.5 Å². The average molecular weight is 417 g/mol. The Hall–Kier alpha value is -2.28. The molecule has 7 heteroatoms. The molecule has 0 radical (unpaired) electrons. The quantitative estimate of drug-likeness (QED) is 0.795. The van der Waals surface area contributed by atoms with Crippen LogP contribution in [0, 0.1) is 5.92 Å². The van der Waals surface area contributed by atoms with E-state index in [-0.39, 0.29) is 5.91 Å². The molecule has 1 fully saturated rings. The second-order valence-electron chi connectivity index (χ2n) is 7.38. The summed E-state index contributed by atoms with van der Waals surface area (Å²) in [6, 6.07) is 12.6. The van der Waals surface area contributed by atoms with Crippen molar-refractivity contribution in [2.45, 2.75) is 12.8 Å². The highest BCUT2D eigenvalue weighted by Gasteiger charge is 2.25. The third kappa shape index (κ3) is 5.85. The number of carbonyl (C=O) groups excluding carboxylic acids is 1. The number of anilines is 1. The minimum atomic E-state index is -0.0998. The number of para-hydroxylation sites is 2. The lowest BCUT2D eigenvalue weighted by Crippen LogP contribution is -2.37. The van der Waals surface area contributed by atoms with Crippen LogP contribution >= 0.6 is 11.6 Å². The van der Waals surface area contributed by atoms with E-state index in [0.29, 0.717) is 66.8 Å². The van der Waals surface area contributed by atoms with E-state index in [0.717, 1.165) is 6.54 Å². The molecule has 2 aromatic rings. The molecule has 1 N–H and O–H groups in total. The number of hydrogen-bond donors (Lipinski definition) is 1. The lowest BCUT2D eigenvalue weighted by molar-refractivity contribution is -0.117. The maximum atomic E-state index is 12.7. The van der Waals surface area contributed by atoms with E-state index in [9.17, 15) is 4.79 Å². The van der Waals surface area contributed by atoms with Crippen molar-refractivity contribution in [1.82, 2.24) is 4.90 Å². The number of halogens is 1. The largest absolute Gasteiger partial charge is 0.487 e. The van der Waals surface area contributed by atoms with Crippen LogP contribution in [0.15, 0.2) is 42.5 Å². The maximum Gasteiger partial charge on any atom is 0.238 e. The molecule has 0 bridgehead atoms. The fraction of sp³-hybridized carbons (Fsp3) is 0.409. The third-order valence-electron chi connectivity index (χ3n) is 4.90. The standard InChI is InChI=1S/C22H25ClN2O4/c23-17-7-8-19-18(13-17)24-22(26)15-25(14-16-5-6-16)9-10-27-11-12-28-20-3-1-2-4-21(20)29-19/h1-4,7-8,13,16H,5-6,9-12,14-15H2,(H,24,26). The number of carbonyl (C=O) groups is 1. The lowest BCUT2D eigenvalue weighted by atomic mass is 10.2. The summed E-state index contributed by atoms with van der Waals surface area (Å²) in [6.45, 7) is 3.39. The third-order valence-corrected chi connectivity index (χ3v) is 5.14. The molecule has 6 nitrogen and oxygen atoms in total. The van der Waals surface area contributed by atoms with Crippen molar-refractivity contribution in [3.8, 4) is 17.2 Å². The molecule has 0 spiro atoms. The van der Waals surface area contributed by atoms with Crippen molar-refractivity contribution < 1.29 is 19.0 Å². The summed E-state index contributed by atoms with van der Waals surface area (Å²) >= 11 is 6.17. The number of nitrogens with one attached hydrogen (secondary N) is 1. The van der Waals surface area contributed by atoms with Gasteiger partial charge in [0.1, 0.15) is 6.61 Å². The maximum absolute atomic E-state index is 12.7. The molecular weight excluding hydrogens is 392 g/mol. The molecule has 0 unspecified atom stereocenters. The van der Waals surface area contributed by atoms with Gasteiger partial charge in [-0.25, -0.2) is 0 Å². The van der Waals surface area contributed by atoms with Crippen molar-refractivity contribution >= 4 is 23.2 Å². The van der Waals surface area contributed by atoms with E-state index in [4.69, 9.17) is 25.8 Å². The molecule has 1 amide bonds. The van der Waals surface area contributed by atoms with Gasteiger partial charge in [0.25, 0.3) is 0 Å². The van der Waals surface area contributed by atoms with Crippen LogP contribution in [0.3, 0.4) is 0 Å². The Bertz CT molecular complexity index is 856. The normalized spacial score (nSPS) is 18.9. The van der Waals surface area contributed by atoms with E-state index in [2.05, 4.69) is 10.2 Å². The van der Waals surface area contributed by atoms with Crippen molar-refractivity contribution in [1.29, 1.82) is 0 Å². The molecule has 0 atom stereocenters. The molecule has 2 aliphatic rings. The van der Waals surface area contributed by atoms with Gasteiger partial charge in [0, 0.05) is 18.1 Å². The van der Waals surface area contributed by atoms with Crippen LogP contribution in [-0.2, 0) is 9.53 Å². The highest BCUT2D eigenvalue weighted by Crippen LogP contribution is 2.36. The van der Waals surface area contributed by atoms with Gasteiger partial charge in [0.15, 0.2) is 17.2 Å². The van der Waals surface area contributed by atoms with E-state index in [1.54, 1.807) is 18.2 Å². The first-order valence-corrected chi connectivity index (χ1v) is 10.3. The molecule has 154 valence electrons. The summed E-state index contributed by atoms with van der Waals surface area (Å²) in [5.74, 6) is 2.28. The smallest absolute Gasteiger partial charge is 0.238 e. The van der Waals surface area contributed by atoms with Gasteiger partial charge in [-0.2, -0.15) is 0 Å². The van der Waals surface area contributed by atoms with E-state index < -0.39 is 0 Å². The van der Waals surface area contributed by atoms with Gasteiger partial charge in [-0.1, -0.05) is 23.7 Å². The highest BCUT2D eigenvalue weighted by molar-refractivity contribution is 6.31. The molecule has 0 aromatic heterocycles. The molecule has 0 saturated heterocycles. The van der Waals surface area contributed by atoms with Crippen molar-refractivity contribution in [2.75, 3.05) is 44.8 Å². The van der Waals surface area contributed by atoms with Gasteiger partial charge in [0.05, 0.1) is 25.4 Å². The van der Waals surface area contributed by atoms with Crippen molar-refractivity contribution in [3.05, 3.63) is 47.5 Å². The molecule has 2 aromatic carbocycles. The van der Waals surface area contributed by atoms with E-state index in [1.165, 1.54) is 12.8 Å². The Morgan fingerprint density at radius 1 is 1.03 bits per heavy atom. The first kappa shape index (κ1) is 20.0. The molecule has 4 rings (SSSR count). The molecule has 1 heterocycles. The number of nitrogens with zero attached hydrogens (tertiary/aromatic N) is 1. The predicted octanol–water partition coefficient (Wildman–Crippen LogP) is 4.19. The number of rotatable bonds is 2. The topological polar surface area (TPSA) is 60.0 Å². The van der Waals surface area contributed by atoms with Crippen LogP contribution < -0.4 is 14.8 Å². The SMILES string of the molecule is O=C1CN(CC2CC2)CCOCCOc2ccccc2Oc2ccc(Cl)cc2N1. The highest BCUT2D eigenvalue weighted by atomic mass is 35.5. The average Bonchev–Trinajstić information content (AvgIpc) is 3.51. The molecule has 1 saturated carbocycles. The van der Waals surface area contributed by atoms with Crippen LogP contribution in [-0.4, -0.2) is 50.3 Å². The van der Waals surface area contributed by atoms with Crippen LogP contribution in [0.25, 0.3) is 0 Å². The summed E-state index contributed by atoms with van der Waals surface area (Å²) in [5.41, 5.74) is 0.537. The Kier molecular flexibility index (Phi) is 6.54. The predicted molar refractivity (Wildman–Crippen MR) is 112 cm³/mol. The molecule has 1 aliphatic carbocycles. The fourth-order valence-corrected chi connectivity index (χ4v) is 3.43. The van der Waals surface area contributed by atoms with Gasteiger partial charge in [0.2, 0.25) is 5.91 Å². The summed E-state index contributed by atoms with van der Waals surface area (Å²) in [4.78, 5) is 14.9. The second kappa shape index (κ2) is 9.48. The van der Waals surface area contributed by atoms with Crippen LogP contribution in [0.4, 0.5) is 5.69 Å². The lowest BCUT2D eigenvalue weighted by Gasteiger charge is -2.22. The number of hydrogen-bond acceptors (Lipinski definition) is 5. The number of fused-ring (bicyclic) bond motifs is 2. The van der Waals surface area contributed by atoms with Crippen LogP contribution in [0.1, 0.15) is 12.8 Å². The second-order valence-corrected chi connectivity index (χ2v) is 7.81. The molecule has 29 heavy (non-hydrogen) atoms. The van der Waals surface area contributed by atoms with Crippen molar-refractivity contribution in [2.24, 2.45) is 5.92 Å². The monoisotopic (exact) mass is 416 g/mol. The zero-order valence-corrected chi connectivity index (χ0v) is 17.0.